The van der Waals surface area contributed by atoms with Crippen molar-refractivity contribution in [2.75, 3.05) is 25.9 Å². The Kier molecular flexibility index (Phi) is 4.03. The van der Waals surface area contributed by atoms with Gasteiger partial charge in [-0.05, 0) is 0 Å². The number of nitrogens with one attached hydrogen (secondary N) is 1. The molecule has 0 spiro atoms. The molecule has 2 aromatic rings. The number of aliphatic hydroxyl groups excluding tert-OH is 2. The molecule has 130 valence electrons. The Bertz CT molecular complexity index is 836. The van der Waals surface area contributed by atoms with Crippen LogP contribution in [0.3, 0.4) is 0 Å². The molecule has 4 unspecified atom stereocenters. The van der Waals surface area contributed by atoms with Gasteiger partial charge in [0.1, 0.15) is 11.7 Å². The van der Waals surface area contributed by atoms with Gasteiger partial charge in [-0.25, -0.2) is 9.37 Å². The van der Waals surface area contributed by atoms with Crippen molar-refractivity contribution in [1.82, 2.24) is 19.5 Å². The van der Waals surface area contributed by atoms with Crippen LogP contribution in [-0.4, -0.2) is 67.8 Å². The Morgan fingerprint density at radius 1 is 1.62 bits per heavy atom. The van der Waals surface area contributed by atoms with Gasteiger partial charge in [-0.3, -0.25) is 14.3 Å². The van der Waals surface area contributed by atoms with Crippen molar-refractivity contribution in [2.24, 2.45) is 10.2 Å². The van der Waals surface area contributed by atoms with Gasteiger partial charge in [0.15, 0.2) is 23.6 Å². The average molecular weight is 341 g/mol. The van der Waals surface area contributed by atoms with Gasteiger partial charge in [-0.15, -0.1) is 0 Å². The molecule has 1 aliphatic heterocycles. The summed E-state index contributed by atoms with van der Waals surface area (Å²) in [5.41, 5.74) is 3.21. The van der Waals surface area contributed by atoms with Gasteiger partial charge < -0.3 is 20.7 Å². The first kappa shape index (κ1) is 16.4. The number of fused-ring (bicyclic) bond motifs is 1. The normalized spacial score (nSPS) is 30.6. The predicted octanol–water partition coefficient (Wildman–Crippen LogP) is -1.26. The van der Waals surface area contributed by atoms with E-state index in [-0.39, 0.29) is 23.7 Å². The van der Waals surface area contributed by atoms with Crippen LogP contribution in [0.5, 0.6) is 0 Å². The summed E-state index contributed by atoms with van der Waals surface area (Å²) in [5.74, 6) is -0.170. The highest BCUT2D eigenvalue weighted by atomic mass is 19.1. The summed E-state index contributed by atoms with van der Waals surface area (Å²) in [4.78, 5) is 21.9. The number of nitrogens with two attached hydrogens (primary N) is 1. The topological polar surface area (TPSA) is 164 Å². The van der Waals surface area contributed by atoms with E-state index >= 15 is 0 Å². The number of aromatic nitrogens is 4. The molecule has 12 heteroatoms. The fourth-order valence-electron chi connectivity index (χ4n) is 2.66. The van der Waals surface area contributed by atoms with Gasteiger partial charge in [-0.2, -0.15) is 15.2 Å². The number of aromatic amines is 1. The van der Waals surface area contributed by atoms with E-state index in [2.05, 4.69) is 25.2 Å². The lowest BCUT2D eigenvalue weighted by molar-refractivity contribution is -0.121. The number of nitrogens with zero attached hydrogens (tertiary/aromatic N) is 5. The van der Waals surface area contributed by atoms with Crippen LogP contribution in [0.2, 0.25) is 0 Å². The van der Waals surface area contributed by atoms with Crippen molar-refractivity contribution in [3.05, 3.63) is 16.7 Å². The van der Waals surface area contributed by atoms with E-state index in [0.717, 1.165) is 10.9 Å². The lowest BCUT2D eigenvalue weighted by Gasteiger charge is -2.27. The number of halogens is 1. The number of nitrogen functional groups attached to an aromatic ring is 1. The molecule has 1 fully saturated rings. The van der Waals surface area contributed by atoms with Crippen LogP contribution in [0.1, 0.15) is 6.23 Å². The fraction of sp³-hybridized carbons (Fsp3) is 0.583. The van der Waals surface area contributed by atoms with Crippen molar-refractivity contribution in [3.8, 4) is 0 Å². The molecule has 5 N–H and O–H groups in total. The quantitative estimate of drug-likeness (QED) is 0.504. The minimum atomic E-state index is -1.91. The minimum absolute atomic E-state index is 0.00181. The van der Waals surface area contributed by atoms with E-state index in [1.54, 1.807) is 0 Å². The van der Waals surface area contributed by atoms with Crippen molar-refractivity contribution >= 4 is 17.1 Å². The maximum absolute atomic E-state index is 14.6. The van der Waals surface area contributed by atoms with Crippen molar-refractivity contribution < 1.29 is 19.3 Å². The molecule has 0 bridgehead atoms. The minimum Gasteiger partial charge on any atom is -0.393 e. The second-order valence-corrected chi connectivity index (χ2v) is 5.40. The van der Waals surface area contributed by atoms with Crippen LogP contribution in [0.4, 0.5) is 10.3 Å². The zero-order chi connectivity index (χ0) is 17.5. The van der Waals surface area contributed by atoms with Gasteiger partial charge in [0, 0.05) is 7.05 Å². The first-order valence-electron chi connectivity index (χ1n) is 7.02. The smallest absolute Gasteiger partial charge is 0.280 e. The Morgan fingerprint density at radius 3 is 3.04 bits per heavy atom. The molecule has 3 rings (SSSR count). The third kappa shape index (κ3) is 2.35. The molecule has 1 saturated heterocycles. The van der Waals surface area contributed by atoms with Crippen molar-refractivity contribution in [1.29, 1.82) is 0 Å². The average Bonchev–Trinajstić information content (AvgIpc) is 3.07. The van der Waals surface area contributed by atoms with E-state index in [4.69, 9.17) is 10.5 Å². The number of alkyl halides is 1. The summed E-state index contributed by atoms with van der Waals surface area (Å²) in [6, 6.07) is 0. The van der Waals surface area contributed by atoms with Gasteiger partial charge in [-0.1, -0.05) is 0 Å². The van der Waals surface area contributed by atoms with Crippen LogP contribution in [0.15, 0.2) is 21.4 Å². The number of aliphatic hydroxyl groups is 2. The zero-order valence-electron chi connectivity index (χ0n) is 12.6. The summed E-state index contributed by atoms with van der Waals surface area (Å²) >= 11 is 0. The molecular formula is C12H16FN7O4. The molecular weight excluding hydrogens is 325 g/mol. The second-order valence-electron chi connectivity index (χ2n) is 5.40. The fourth-order valence-corrected chi connectivity index (χ4v) is 2.66. The maximum Gasteiger partial charge on any atom is 0.280 e. The van der Waals surface area contributed by atoms with Crippen molar-refractivity contribution in [2.45, 2.75) is 24.1 Å². The number of azo groups is 1. The lowest BCUT2D eigenvalue weighted by Crippen LogP contribution is -2.48. The molecule has 1 aliphatic rings. The summed E-state index contributed by atoms with van der Waals surface area (Å²) in [5, 5.41) is 27.0. The number of imidazole rings is 1. The van der Waals surface area contributed by atoms with Gasteiger partial charge >= 0.3 is 0 Å². The van der Waals surface area contributed by atoms with Crippen LogP contribution >= 0.6 is 0 Å². The third-order valence-electron chi connectivity index (χ3n) is 3.94. The first-order valence-corrected chi connectivity index (χ1v) is 7.02. The standard InChI is InChI=1S/C12H16FN7O4/c1-15-17-2-12(3-21)7(22)5(13)10(24-12)20-4-16-6-8(20)18-11(14)19-9(6)23/h4-5,7,10,21-22H,2-3H2,1H3,(H3,14,18,19,23). The monoisotopic (exact) mass is 341 g/mol. The number of rotatable bonds is 4. The largest absolute Gasteiger partial charge is 0.393 e. The molecule has 2 aromatic heterocycles. The van der Waals surface area contributed by atoms with Gasteiger partial charge in [0.05, 0.1) is 19.5 Å². The zero-order valence-corrected chi connectivity index (χ0v) is 12.6. The van der Waals surface area contributed by atoms with Gasteiger partial charge in [0.25, 0.3) is 5.56 Å². The van der Waals surface area contributed by atoms with Crippen LogP contribution < -0.4 is 11.3 Å². The van der Waals surface area contributed by atoms with Crippen LogP contribution in [0.25, 0.3) is 11.2 Å². The molecule has 0 aliphatic carbocycles. The Morgan fingerprint density at radius 2 is 2.38 bits per heavy atom. The molecule has 0 aromatic carbocycles. The van der Waals surface area contributed by atoms with E-state index in [1.807, 2.05) is 0 Å². The summed E-state index contributed by atoms with van der Waals surface area (Å²) in [6.45, 7) is -0.909. The molecule has 0 saturated carbocycles. The number of ether oxygens (including phenoxy) is 1. The van der Waals surface area contributed by atoms with E-state index in [9.17, 15) is 19.4 Å². The molecule has 0 amide bonds. The van der Waals surface area contributed by atoms with Gasteiger partial charge in [0.2, 0.25) is 5.95 Å². The first-order chi connectivity index (χ1) is 11.4. The number of anilines is 1. The molecule has 4 atom stereocenters. The van der Waals surface area contributed by atoms with Crippen molar-refractivity contribution in [3.63, 3.8) is 0 Å². The van der Waals surface area contributed by atoms with E-state index in [1.165, 1.54) is 7.05 Å². The second kappa shape index (κ2) is 5.89. The predicted molar refractivity (Wildman–Crippen MR) is 79.0 cm³/mol. The highest BCUT2D eigenvalue weighted by Gasteiger charge is 2.56. The molecule has 0 radical (unpaired) electrons. The Balaban J connectivity index is 2.06. The lowest BCUT2D eigenvalue weighted by atomic mass is 9.97. The highest BCUT2D eigenvalue weighted by Crippen LogP contribution is 2.40. The number of hydrogen-bond acceptors (Lipinski definition) is 9. The maximum atomic E-state index is 14.6. The number of H-pyrrole nitrogens is 1. The molecule has 24 heavy (non-hydrogen) atoms. The Labute approximate surface area is 134 Å². The summed E-state index contributed by atoms with van der Waals surface area (Å²) < 4.78 is 21.3. The third-order valence-corrected chi connectivity index (χ3v) is 3.94. The van der Waals surface area contributed by atoms with Crippen LogP contribution in [0, 0.1) is 0 Å². The summed E-state index contributed by atoms with van der Waals surface area (Å²) in [6.07, 6.45) is -3.78. The van der Waals surface area contributed by atoms with E-state index in [0.29, 0.717) is 0 Å². The number of hydrogen-bond donors (Lipinski definition) is 4. The SMILES string of the molecule is CN=NCC1(CO)OC(n2cnc3c(=O)[nH]c(N)nc32)C(F)C1O. The molecule has 11 nitrogen and oxygen atoms in total. The Hall–Kier alpha value is -2.44. The van der Waals surface area contributed by atoms with Crippen LogP contribution in [-0.2, 0) is 4.74 Å². The van der Waals surface area contributed by atoms with E-state index < -0.39 is 36.3 Å². The highest BCUT2D eigenvalue weighted by molar-refractivity contribution is 5.70. The summed E-state index contributed by atoms with van der Waals surface area (Å²) in [7, 11) is 1.40. The molecule has 3 heterocycles.